The zero-order valence-corrected chi connectivity index (χ0v) is 13.9. The van der Waals surface area contributed by atoms with Crippen molar-refractivity contribution in [2.45, 2.75) is 26.3 Å². The summed E-state index contributed by atoms with van der Waals surface area (Å²) >= 11 is 5.02. The number of nitrogens with zero attached hydrogens (tertiary/aromatic N) is 1. The Labute approximate surface area is 139 Å². The molecule has 8 heteroatoms. The van der Waals surface area contributed by atoms with E-state index in [0.29, 0.717) is 11.1 Å². The molecule has 1 aliphatic heterocycles. The lowest BCUT2D eigenvalue weighted by atomic mass is 10.1. The van der Waals surface area contributed by atoms with E-state index in [4.69, 9.17) is 12.2 Å². The van der Waals surface area contributed by atoms with Crippen LogP contribution in [0.1, 0.15) is 41.5 Å². The number of hydrazine groups is 1. The summed E-state index contributed by atoms with van der Waals surface area (Å²) in [5.41, 5.74) is 5.26. The highest BCUT2D eigenvalue weighted by molar-refractivity contribution is 7.80. The third kappa shape index (κ3) is 4.04. The van der Waals surface area contributed by atoms with Gasteiger partial charge in [0.25, 0.3) is 17.7 Å². The summed E-state index contributed by atoms with van der Waals surface area (Å²) in [5, 5.41) is 3.20. The smallest absolute Gasteiger partial charge is 0.262 e. The molecule has 0 spiro atoms. The largest absolute Gasteiger partial charge is 0.357 e. The van der Waals surface area contributed by atoms with Crippen LogP contribution < -0.4 is 16.2 Å². The average molecular weight is 334 g/mol. The number of hydrogen-bond acceptors (Lipinski definition) is 4. The van der Waals surface area contributed by atoms with E-state index >= 15 is 0 Å². The average Bonchev–Trinajstić information content (AvgIpc) is 2.69. The second kappa shape index (κ2) is 6.33. The molecule has 1 aliphatic rings. The maximum Gasteiger partial charge on any atom is 0.262 e. The Hall–Kier alpha value is -2.48. The van der Waals surface area contributed by atoms with E-state index in [1.54, 1.807) is 24.3 Å². The minimum atomic E-state index is -0.544. The SMILES string of the molecule is CC(C)(C)NC(=S)NNC(=O)CN1C(=O)c2ccccc2C1=O. The monoisotopic (exact) mass is 334 g/mol. The van der Waals surface area contributed by atoms with Gasteiger partial charge in [0.2, 0.25) is 0 Å². The Morgan fingerprint density at radius 2 is 1.61 bits per heavy atom. The summed E-state index contributed by atoms with van der Waals surface area (Å²) in [6, 6.07) is 6.47. The Kier molecular flexibility index (Phi) is 4.65. The van der Waals surface area contributed by atoms with E-state index in [2.05, 4.69) is 16.2 Å². The fourth-order valence-electron chi connectivity index (χ4n) is 2.06. The topological polar surface area (TPSA) is 90.5 Å². The van der Waals surface area contributed by atoms with Gasteiger partial charge in [0.15, 0.2) is 5.11 Å². The van der Waals surface area contributed by atoms with Crippen LogP contribution in [0, 0.1) is 0 Å². The molecule has 2 rings (SSSR count). The molecular weight excluding hydrogens is 316 g/mol. The predicted molar refractivity (Wildman–Crippen MR) is 88.6 cm³/mol. The molecule has 0 unspecified atom stereocenters. The predicted octanol–water partition coefficient (Wildman–Crippen LogP) is 0.576. The van der Waals surface area contributed by atoms with Gasteiger partial charge in [-0.1, -0.05) is 12.1 Å². The number of fused-ring (bicyclic) bond motifs is 1. The molecule has 1 aromatic rings. The molecule has 122 valence electrons. The normalized spacial score (nSPS) is 13.6. The molecule has 23 heavy (non-hydrogen) atoms. The van der Waals surface area contributed by atoms with E-state index in [-0.39, 0.29) is 17.2 Å². The van der Waals surface area contributed by atoms with Crippen molar-refractivity contribution in [3.63, 3.8) is 0 Å². The van der Waals surface area contributed by atoms with Gasteiger partial charge in [-0.3, -0.25) is 30.1 Å². The number of amides is 3. The summed E-state index contributed by atoms with van der Waals surface area (Å²) in [6.45, 7) is 5.38. The molecule has 0 aromatic heterocycles. The maximum atomic E-state index is 12.1. The van der Waals surface area contributed by atoms with Gasteiger partial charge in [-0.05, 0) is 45.1 Å². The van der Waals surface area contributed by atoms with Crippen molar-refractivity contribution < 1.29 is 14.4 Å². The number of nitrogens with one attached hydrogen (secondary N) is 3. The molecule has 3 amide bonds. The zero-order chi connectivity index (χ0) is 17.2. The quantitative estimate of drug-likeness (QED) is 0.416. The summed E-state index contributed by atoms with van der Waals surface area (Å²) < 4.78 is 0. The molecule has 7 nitrogen and oxygen atoms in total. The van der Waals surface area contributed by atoms with Gasteiger partial charge in [-0.15, -0.1) is 0 Å². The summed E-state index contributed by atoms with van der Waals surface area (Å²) in [7, 11) is 0. The molecule has 0 bridgehead atoms. The first kappa shape index (κ1) is 16.9. The second-order valence-electron chi connectivity index (χ2n) is 6.12. The van der Waals surface area contributed by atoms with Gasteiger partial charge in [0.1, 0.15) is 6.54 Å². The summed E-state index contributed by atoms with van der Waals surface area (Å²) in [5.74, 6) is -1.50. The van der Waals surface area contributed by atoms with E-state index in [1.807, 2.05) is 20.8 Å². The fourth-order valence-corrected chi connectivity index (χ4v) is 2.42. The lowest BCUT2D eigenvalue weighted by molar-refractivity contribution is -0.122. The maximum absolute atomic E-state index is 12.1. The van der Waals surface area contributed by atoms with Crippen molar-refractivity contribution in [1.82, 2.24) is 21.1 Å². The van der Waals surface area contributed by atoms with Gasteiger partial charge in [0, 0.05) is 5.54 Å². The molecule has 1 aromatic carbocycles. The molecule has 1 heterocycles. The number of hydrogen-bond donors (Lipinski definition) is 3. The first-order valence-electron chi connectivity index (χ1n) is 7.01. The molecule has 0 radical (unpaired) electrons. The molecule has 0 fully saturated rings. The van der Waals surface area contributed by atoms with Crippen LogP contribution >= 0.6 is 12.2 Å². The van der Waals surface area contributed by atoms with E-state index in [9.17, 15) is 14.4 Å². The molecule has 0 saturated carbocycles. The lowest BCUT2D eigenvalue weighted by Crippen LogP contribution is -2.54. The summed E-state index contributed by atoms with van der Waals surface area (Å²) in [4.78, 5) is 37.1. The van der Waals surface area contributed by atoms with Crippen molar-refractivity contribution in [1.29, 1.82) is 0 Å². The number of carbonyl (C=O) groups excluding carboxylic acids is 3. The van der Waals surface area contributed by atoms with E-state index in [0.717, 1.165) is 4.90 Å². The molecular formula is C15H18N4O3S. The first-order chi connectivity index (χ1) is 10.7. The highest BCUT2D eigenvalue weighted by Crippen LogP contribution is 2.21. The molecule has 3 N–H and O–H groups in total. The summed E-state index contributed by atoms with van der Waals surface area (Å²) in [6.07, 6.45) is 0. The molecule has 0 atom stereocenters. The minimum absolute atomic E-state index is 0.244. The van der Waals surface area contributed by atoms with Gasteiger partial charge < -0.3 is 5.32 Å². The van der Waals surface area contributed by atoms with Crippen molar-refractivity contribution in [2.75, 3.05) is 6.54 Å². The lowest BCUT2D eigenvalue weighted by Gasteiger charge is -2.23. The number of carbonyl (C=O) groups is 3. The van der Waals surface area contributed by atoms with Crippen LogP contribution in [0.5, 0.6) is 0 Å². The Morgan fingerprint density at radius 1 is 1.09 bits per heavy atom. The van der Waals surface area contributed by atoms with Crippen LogP contribution in [0.2, 0.25) is 0 Å². The standard InChI is InChI=1S/C15H18N4O3S/c1-15(2,3)16-14(23)18-17-11(20)8-19-12(21)9-6-4-5-7-10(9)13(19)22/h4-7H,8H2,1-3H3,(H,17,20)(H2,16,18,23). The third-order valence-electron chi connectivity index (χ3n) is 2.98. The van der Waals surface area contributed by atoms with Crippen LogP contribution in [0.15, 0.2) is 24.3 Å². The van der Waals surface area contributed by atoms with Crippen LogP contribution in [0.25, 0.3) is 0 Å². The van der Waals surface area contributed by atoms with Crippen molar-refractivity contribution in [3.8, 4) is 0 Å². The van der Waals surface area contributed by atoms with Crippen LogP contribution in [0.3, 0.4) is 0 Å². The van der Waals surface area contributed by atoms with Crippen molar-refractivity contribution >= 4 is 35.1 Å². The highest BCUT2D eigenvalue weighted by atomic mass is 32.1. The Morgan fingerprint density at radius 3 is 2.09 bits per heavy atom. The van der Waals surface area contributed by atoms with Gasteiger partial charge in [-0.25, -0.2) is 0 Å². The highest BCUT2D eigenvalue weighted by Gasteiger charge is 2.36. The van der Waals surface area contributed by atoms with Gasteiger partial charge in [0.05, 0.1) is 11.1 Å². The Bertz CT molecular complexity index is 647. The van der Waals surface area contributed by atoms with E-state index < -0.39 is 17.7 Å². The van der Waals surface area contributed by atoms with Gasteiger partial charge in [-0.2, -0.15) is 0 Å². The number of rotatable bonds is 2. The number of imide groups is 1. The second-order valence-corrected chi connectivity index (χ2v) is 6.53. The Balaban J connectivity index is 1.91. The number of benzene rings is 1. The minimum Gasteiger partial charge on any atom is -0.357 e. The number of thiocarbonyl (C=S) groups is 1. The van der Waals surface area contributed by atoms with E-state index in [1.165, 1.54) is 0 Å². The van der Waals surface area contributed by atoms with Crippen LogP contribution in [-0.2, 0) is 4.79 Å². The third-order valence-corrected chi connectivity index (χ3v) is 3.19. The van der Waals surface area contributed by atoms with Crippen LogP contribution in [-0.4, -0.2) is 39.8 Å². The van der Waals surface area contributed by atoms with Crippen LogP contribution in [0.4, 0.5) is 0 Å². The molecule has 0 saturated heterocycles. The van der Waals surface area contributed by atoms with Crippen molar-refractivity contribution in [3.05, 3.63) is 35.4 Å². The fraction of sp³-hybridized carbons (Fsp3) is 0.333. The zero-order valence-electron chi connectivity index (χ0n) is 13.1. The van der Waals surface area contributed by atoms with Gasteiger partial charge >= 0.3 is 0 Å². The molecule has 0 aliphatic carbocycles. The first-order valence-corrected chi connectivity index (χ1v) is 7.42. The van der Waals surface area contributed by atoms with Crippen molar-refractivity contribution in [2.24, 2.45) is 0 Å².